The molecular formula is C20H26N4O3. The first kappa shape index (κ1) is 17.8. The maximum absolute atomic E-state index is 12.7. The molecule has 0 radical (unpaired) electrons. The van der Waals surface area contributed by atoms with Gasteiger partial charge in [-0.05, 0) is 45.7 Å². The van der Waals surface area contributed by atoms with Crippen LogP contribution in [0, 0.1) is 5.41 Å². The van der Waals surface area contributed by atoms with E-state index in [0.717, 1.165) is 31.6 Å². The Morgan fingerprint density at radius 2 is 1.81 bits per heavy atom. The second-order valence-corrected chi connectivity index (χ2v) is 8.72. The summed E-state index contributed by atoms with van der Waals surface area (Å²) in [5, 5.41) is 0. The second-order valence-electron chi connectivity index (χ2n) is 8.72. The number of carbonyl (C=O) groups excluding carboxylic acids is 2. The third-order valence-corrected chi connectivity index (χ3v) is 5.40. The van der Waals surface area contributed by atoms with Crippen molar-refractivity contribution in [2.75, 3.05) is 26.2 Å². The van der Waals surface area contributed by atoms with Crippen molar-refractivity contribution in [3.05, 3.63) is 36.3 Å². The summed E-state index contributed by atoms with van der Waals surface area (Å²) < 4.78 is 7.32. The summed E-state index contributed by atoms with van der Waals surface area (Å²) in [7, 11) is 0. The first-order valence-electron chi connectivity index (χ1n) is 9.46. The zero-order chi connectivity index (χ0) is 19.2. The molecule has 2 aromatic rings. The predicted molar refractivity (Wildman–Crippen MR) is 101 cm³/mol. The highest BCUT2D eigenvalue weighted by atomic mass is 16.6. The minimum Gasteiger partial charge on any atom is -0.444 e. The minimum absolute atomic E-state index is 0.0149. The van der Waals surface area contributed by atoms with Crippen LogP contribution < -0.4 is 0 Å². The quantitative estimate of drug-likeness (QED) is 0.774. The van der Waals surface area contributed by atoms with E-state index in [0.29, 0.717) is 18.8 Å². The lowest BCUT2D eigenvalue weighted by Crippen LogP contribution is -2.62. The fourth-order valence-corrected chi connectivity index (χ4v) is 3.91. The molecule has 4 heterocycles. The molecule has 2 amide bonds. The fraction of sp³-hybridized carbons (Fsp3) is 0.550. The van der Waals surface area contributed by atoms with Crippen LogP contribution in [0.1, 0.15) is 44.1 Å². The molecule has 0 N–H and O–H groups in total. The van der Waals surface area contributed by atoms with Crippen LogP contribution in [0.4, 0.5) is 4.79 Å². The molecule has 2 aliphatic heterocycles. The fourth-order valence-electron chi connectivity index (χ4n) is 3.91. The summed E-state index contributed by atoms with van der Waals surface area (Å²) in [4.78, 5) is 33.0. The summed E-state index contributed by atoms with van der Waals surface area (Å²) in [6.07, 6.45) is 5.24. The molecule has 7 heteroatoms. The van der Waals surface area contributed by atoms with Crippen molar-refractivity contribution in [2.24, 2.45) is 5.41 Å². The number of ether oxygens (including phenoxy) is 1. The smallest absolute Gasteiger partial charge is 0.410 e. The highest BCUT2D eigenvalue weighted by Gasteiger charge is 2.48. The van der Waals surface area contributed by atoms with Gasteiger partial charge in [-0.3, -0.25) is 4.79 Å². The van der Waals surface area contributed by atoms with Gasteiger partial charge in [0.25, 0.3) is 5.91 Å². The van der Waals surface area contributed by atoms with E-state index in [4.69, 9.17) is 4.74 Å². The Bertz CT molecular complexity index is 834. The number of nitrogens with zero attached hydrogens (tertiary/aromatic N) is 4. The second kappa shape index (κ2) is 6.25. The van der Waals surface area contributed by atoms with Gasteiger partial charge in [0.15, 0.2) is 0 Å². The van der Waals surface area contributed by atoms with E-state index < -0.39 is 5.60 Å². The molecule has 0 atom stereocenters. The van der Waals surface area contributed by atoms with E-state index >= 15 is 0 Å². The van der Waals surface area contributed by atoms with Gasteiger partial charge >= 0.3 is 6.09 Å². The number of aromatic nitrogens is 2. The third-order valence-electron chi connectivity index (χ3n) is 5.40. The minimum atomic E-state index is -0.472. The first-order valence-corrected chi connectivity index (χ1v) is 9.46. The van der Waals surface area contributed by atoms with Gasteiger partial charge in [-0.25, -0.2) is 9.78 Å². The zero-order valence-electron chi connectivity index (χ0n) is 16.1. The van der Waals surface area contributed by atoms with Crippen molar-refractivity contribution >= 4 is 17.6 Å². The van der Waals surface area contributed by atoms with Gasteiger partial charge in [-0.15, -0.1) is 0 Å². The summed E-state index contributed by atoms with van der Waals surface area (Å²) in [5.41, 5.74) is 0.928. The van der Waals surface area contributed by atoms with E-state index in [9.17, 15) is 9.59 Å². The summed E-state index contributed by atoms with van der Waals surface area (Å²) in [5.74, 6) is -0.0149. The molecule has 2 aromatic heterocycles. The van der Waals surface area contributed by atoms with Crippen molar-refractivity contribution in [3.63, 3.8) is 0 Å². The van der Waals surface area contributed by atoms with Gasteiger partial charge in [0.1, 0.15) is 16.9 Å². The Hall–Kier alpha value is -2.57. The lowest BCUT2D eigenvalue weighted by Gasteiger charge is -2.53. The van der Waals surface area contributed by atoms with Crippen molar-refractivity contribution in [2.45, 2.75) is 39.2 Å². The molecule has 2 aliphatic rings. The molecule has 0 bridgehead atoms. The number of imidazole rings is 1. The van der Waals surface area contributed by atoms with Crippen LogP contribution in [0.3, 0.4) is 0 Å². The molecular weight excluding hydrogens is 344 g/mol. The highest BCUT2D eigenvalue weighted by Crippen LogP contribution is 2.41. The van der Waals surface area contributed by atoms with Crippen LogP contribution in [-0.4, -0.2) is 63.0 Å². The van der Waals surface area contributed by atoms with E-state index in [1.165, 1.54) is 0 Å². The van der Waals surface area contributed by atoms with Gasteiger partial charge in [0, 0.05) is 44.0 Å². The molecule has 0 unspecified atom stereocenters. The number of rotatable bonds is 1. The largest absolute Gasteiger partial charge is 0.444 e. The molecule has 144 valence electrons. The monoisotopic (exact) mass is 370 g/mol. The Morgan fingerprint density at radius 3 is 2.44 bits per heavy atom. The Morgan fingerprint density at radius 1 is 1.11 bits per heavy atom. The molecule has 2 fully saturated rings. The molecule has 7 nitrogen and oxygen atoms in total. The van der Waals surface area contributed by atoms with Crippen LogP contribution >= 0.6 is 0 Å². The molecule has 2 saturated heterocycles. The molecule has 27 heavy (non-hydrogen) atoms. The van der Waals surface area contributed by atoms with Gasteiger partial charge in [-0.1, -0.05) is 6.07 Å². The topological polar surface area (TPSA) is 67.2 Å². The summed E-state index contributed by atoms with van der Waals surface area (Å²) in [6.45, 7) is 8.49. The van der Waals surface area contributed by atoms with E-state index in [-0.39, 0.29) is 17.4 Å². The molecule has 4 rings (SSSR count). The number of hydrogen-bond donors (Lipinski definition) is 0. The van der Waals surface area contributed by atoms with Crippen molar-refractivity contribution in [1.29, 1.82) is 0 Å². The summed E-state index contributed by atoms with van der Waals surface area (Å²) in [6, 6.07) is 5.72. The Balaban J connectivity index is 1.33. The van der Waals surface area contributed by atoms with Gasteiger partial charge in [-0.2, -0.15) is 0 Å². The first-order chi connectivity index (χ1) is 12.7. The van der Waals surface area contributed by atoms with Crippen LogP contribution in [-0.2, 0) is 4.74 Å². The van der Waals surface area contributed by atoms with E-state index in [1.54, 1.807) is 11.1 Å². The average molecular weight is 370 g/mol. The lowest BCUT2D eigenvalue weighted by atomic mass is 9.72. The number of hydrogen-bond acceptors (Lipinski definition) is 4. The maximum Gasteiger partial charge on any atom is 0.410 e. The Labute approximate surface area is 158 Å². The van der Waals surface area contributed by atoms with Gasteiger partial charge < -0.3 is 18.9 Å². The molecule has 0 aliphatic carbocycles. The van der Waals surface area contributed by atoms with Crippen LogP contribution in [0.25, 0.3) is 5.65 Å². The zero-order valence-corrected chi connectivity index (χ0v) is 16.1. The van der Waals surface area contributed by atoms with Crippen molar-refractivity contribution in [1.82, 2.24) is 19.2 Å². The number of piperidine rings is 1. The van der Waals surface area contributed by atoms with Crippen LogP contribution in [0.15, 0.2) is 30.6 Å². The van der Waals surface area contributed by atoms with E-state index in [2.05, 4.69) is 4.98 Å². The normalized spacial score (nSPS) is 19.2. The number of pyridine rings is 1. The maximum atomic E-state index is 12.7. The van der Waals surface area contributed by atoms with Gasteiger partial charge in [0.05, 0.1) is 0 Å². The van der Waals surface area contributed by atoms with Crippen LogP contribution in [0.2, 0.25) is 0 Å². The van der Waals surface area contributed by atoms with Crippen LogP contribution in [0.5, 0.6) is 0 Å². The Kier molecular flexibility index (Phi) is 4.13. The van der Waals surface area contributed by atoms with Crippen molar-refractivity contribution in [3.8, 4) is 0 Å². The predicted octanol–water partition coefficient (Wildman–Crippen LogP) is 2.81. The van der Waals surface area contributed by atoms with Gasteiger partial charge in [0.2, 0.25) is 0 Å². The lowest BCUT2D eigenvalue weighted by molar-refractivity contribution is -0.0396. The third kappa shape index (κ3) is 3.50. The van der Waals surface area contributed by atoms with Crippen molar-refractivity contribution < 1.29 is 14.3 Å². The number of amides is 2. The SMILES string of the molecule is CC(C)(C)OC(=O)N1CCC2(CC1)CN(C(=O)c1cn3ccccc3n1)C2. The molecule has 0 saturated carbocycles. The number of likely N-dealkylation sites (tertiary alicyclic amines) is 2. The number of carbonyl (C=O) groups is 2. The summed E-state index contributed by atoms with van der Waals surface area (Å²) >= 11 is 0. The van der Waals surface area contributed by atoms with E-state index in [1.807, 2.05) is 54.5 Å². The molecule has 0 aromatic carbocycles. The standard InChI is InChI=1S/C20H26N4O3/c1-19(2,3)27-18(26)22-10-7-20(8-11-22)13-24(14-20)17(25)15-12-23-9-5-4-6-16(23)21-15/h4-6,9,12H,7-8,10-11,13-14H2,1-3H3. The molecule has 1 spiro atoms. The average Bonchev–Trinajstić information content (AvgIpc) is 3.02. The number of fused-ring (bicyclic) bond motifs is 1. The highest BCUT2D eigenvalue weighted by molar-refractivity contribution is 5.93.